The number of carbonyl (C=O) groups excluding carboxylic acids is 2. The first-order valence-electron chi connectivity index (χ1n) is 6.66. The topological polar surface area (TPSA) is 52.6 Å². The first kappa shape index (κ1) is 16.2. The molecule has 0 atom stereocenters. The highest BCUT2D eigenvalue weighted by atomic mass is 16.6. The van der Waals surface area contributed by atoms with Gasteiger partial charge in [-0.3, -0.25) is 9.59 Å². The maximum Gasteiger partial charge on any atom is 0.309 e. The molecule has 0 spiro atoms. The van der Waals surface area contributed by atoms with E-state index in [0.717, 1.165) is 11.1 Å². The molecular formula is C16H22O4. The van der Waals surface area contributed by atoms with E-state index in [1.165, 1.54) is 7.11 Å². The van der Waals surface area contributed by atoms with E-state index < -0.39 is 5.60 Å². The van der Waals surface area contributed by atoms with E-state index in [-0.39, 0.29) is 18.4 Å². The highest BCUT2D eigenvalue weighted by Crippen LogP contribution is 2.12. The number of rotatable bonds is 5. The van der Waals surface area contributed by atoms with Crippen molar-refractivity contribution in [2.75, 3.05) is 7.11 Å². The number of hydrogen-bond donors (Lipinski definition) is 0. The van der Waals surface area contributed by atoms with Crippen LogP contribution < -0.4 is 0 Å². The minimum Gasteiger partial charge on any atom is -0.469 e. The van der Waals surface area contributed by atoms with E-state index in [1.807, 2.05) is 45.0 Å². The van der Waals surface area contributed by atoms with Crippen LogP contribution in [0.25, 0.3) is 0 Å². The Kier molecular flexibility index (Phi) is 5.74. The summed E-state index contributed by atoms with van der Waals surface area (Å²) in [6.07, 6.45) is 1.18. The molecule has 1 aromatic rings. The molecule has 0 aliphatic rings. The second kappa shape index (κ2) is 7.08. The zero-order chi connectivity index (χ0) is 15.2. The van der Waals surface area contributed by atoms with Crippen LogP contribution in [-0.2, 0) is 31.9 Å². The predicted molar refractivity (Wildman–Crippen MR) is 76.3 cm³/mol. The van der Waals surface area contributed by atoms with Gasteiger partial charge in [0.1, 0.15) is 5.60 Å². The molecule has 0 aliphatic carbocycles. The average Bonchev–Trinajstić information content (AvgIpc) is 2.34. The molecule has 1 rings (SSSR count). The van der Waals surface area contributed by atoms with Crippen LogP contribution >= 0.6 is 0 Å². The highest BCUT2D eigenvalue weighted by Gasteiger charge is 2.16. The molecule has 1 aromatic carbocycles. The molecule has 0 heterocycles. The van der Waals surface area contributed by atoms with Crippen LogP contribution in [0, 0.1) is 0 Å². The van der Waals surface area contributed by atoms with Crippen LogP contribution in [0.4, 0.5) is 0 Å². The molecule has 0 radical (unpaired) electrons. The molecule has 0 saturated carbocycles. The number of aryl methyl sites for hydroxylation is 1. The van der Waals surface area contributed by atoms with Crippen molar-refractivity contribution in [3.8, 4) is 0 Å². The second-order valence-electron chi connectivity index (χ2n) is 5.66. The van der Waals surface area contributed by atoms with E-state index >= 15 is 0 Å². The van der Waals surface area contributed by atoms with Crippen molar-refractivity contribution < 1.29 is 19.1 Å². The van der Waals surface area contributed by atoms with Gasteiger partial charge in [-0.25, -0.2) is 0 Å². The lowest BCUT2D eigenvalue weighted by Gasteiger charge is -2.19. The minimum absolute atomic E-state index is 0.212. The van der Waals surface area contributed by atoms with Crippen molar-refractivity contribution in [3.05, 3.63) is 35.4 Å². The van der Waals surface area contributed by atoms with E-state index in [1.54, 1.807) is 0 Å². The first-order valence-corrected chi connectivity index (χ1v) is 6.66. The molecule has 110 valence electrons. The number of esters is 2. The Bertz CT molecular complexity index is 472. The van der Waals surface area contributed by atoms with Gasteiger partial charge in [-0.1, -0.05) is 24.3 Å². The van der Waals surface area contributed by atoms with Gasteiger partial charge in [-0.2, -0.15) is 0 Å². The second-order valence-corrected chi connectivity index (χ2v) is 5.66. The van der Waals surface area contributed by atoms with Crippen molar-refractivity contribution >= 4 is 11.9 Å². The third kappa shape index (κ3) is 6.36. The summed E-state index contributed by atoms with van der Waals surface area (Å²) in [6.45, 7) is 5.55. The largest absolute Gasteiger partial charge is 0.469 e. The third-order valence-corrected chi connectivity index (χ3v) is 2.61. The van der Waals surface area contributed by atoms with Crippen LogP contribution in [0.15, 0.2) is 24.3 Å². The van der Waals surface area contributed by atoms with Gasteiger partial charge in [0.05, 0.1) is 13.5 Å². The lowest BCUT2D eigenvalue weighted by Crippen LogP contribution is -2.24. The summed E-state index contributed by atoms with van der Waals surface area (Å²) in [6, 6.07) is 7.60. The summed E-state index contributed by atoms with van der Waals surface area (Å²) in [5, 5.41) is 0. The quantitative estimate of drug-likeness (QED) is 0.777. The highest BCUT2D eigenvalue weighted by molar-refractivity contribution is 5.72. The Morgan fingerprint density at radius 3 is 2.35 bits per heavy atom. The smallest absolute Gasteiger partial charge is 0.309 e. The molecule has 0 aromatic heterocycles. The van der Waals surface area contributed by atoms with Crippen molar-refractivity contribution in [2.45, 2.75) is 45.6 Å². The zero-order valence-electron chi connectivity index (χ0n) is 12.6. The van der Waals surface area contributed by atoms with E-state index in [4.69, 9.17) is 4.74 Å². The van der Waals surface area contributed by atoms with Crippen LogP contribution in [0.3, 0.4) is 0 Å². The first-order chi connectivity index (χ1) is 9.30. The predicted octanol–water partition coefficient (Wildman–Crippen LogP) is 2.68. The molecule has 0 unspecified atom stereocenters. The van der Waals surface area contributed by atoms with Gasteiger partial charge in [-0.05, 0) is 38.3 Å². The summed E-state index contributed by atoms with van der Waals surface area (Å²) in [7, 11) is 1.37. The van der Waals surface area contributed by atoms with E-state index in [2.05, 4.69) is 4.74 Å². The fraction of sp³-hybridized carbons (Fsp3) is 0.500. The standard InChI is InChI=1S/C16H22O4/c1-16(2,3)20-14(17)9-8-12-6-5-7-13(10-12)11-15(18)19-4/h5-7,10H,8-9,11H2,1-4H3. The van der Waals surface area contributed by atoms with Gasteiger partial charge in [0, 0.05) is 6.42 Å². The fourth-order valence-corrected chi connectivity index (χ4v) is 1.77. The van der Waals surface area contributed by atoms with Gasteiger partial charge in [-0.15, -0.1) is 0 Å². The van der Waals surface area contributed by atoms with Gasteiger partial charge in [0.15, 0.2) is 0 Å². The Hall–Kier alpha value is -1.84. The van der Waals surface area contributed by atoms with Crippen molar-refractivity contribution in [2.24, 2.45) is 0 Å². The normalized spacial score (nSPS) is 11.0. The number of benzene rings is 1. The van der Waals surface area contributed by atoms with Crippen LogP contribution in [-0.4, -0.2) is 24.6 Å². The Morgan fingerprint density at radius 2 is 1.75 bits per heavy atom. The summed E-state index contributed by atoms with van der Waals surface area (Å²) < 4.78 is 9.89. The Labute approximate surface area is 120 Å². The van der Waals surface area contributed by atoms with Crippen molar-refractivity contribution in [1.82, 2.24) is 0 Å². The monoisotopic (exact) mass is 278 g/mol. The van der Waals surface area contributed by atoms with Gasteiger partial charge in [0.2, 0.25) is 0 Å². The van der Waals surface area contributed by atoms with Crippen LogP contribution in [0.5, 0.6) is 0 Å². The molecule has 0 saturated heterocycles. The Balaban J connectivity index is 2.54. The third-order valence-electron chi connectivity index (χ3n) is 2.61. The van der Waals surface area contributed by atoms with Gasteiger partial charge < -0.3 is 9.47 Å². The molecule has 4 heteroatoms. The molecule has 0 N–H and O–H groups in total. The summed E-state index contributed by atoms with van der Waals surface area (Å²) in [5.74, 6) is -0.481. The molecular weight excluding hydrogens is 256 g/mol. The van der Waals surface area contributed by atoms with E-state index in [9.17, 15) is 9.59 Å². The molecule has 4 nitrogen and oxygen atoms in total. The lowest BCUT2D eigenvalue weighted by atomic mass is 10.0. The fourth-order valence-electron chi connectivity index (χ4n) is 1.77. The SMILES string of the molecule is COC(=O)Cc1cccc(CCC(=O)OC(C)(C)C)c1. The molecule has 0 aliphatic heterocycles. The summed E-state index contributed by atoms with van der Waals surface area (Å²) >= 11 is 0. The average molecular weight is 278 g/mol. The van der Waals surface area contributed by atoms with Crippen LogP contribution in [0.1, 0.15) is 38.3 Å². The molecule has 20 heavy (non-hydrogen) atoms. The van der Waals surface area contributed by atoms with E-state index in [0.29, 0.717) is 12.8 Å². The molecule has 0 bridgehead atoms. The number of hydrogen-bond acceptors (Lipinski definition) is 4. The van der Waals surface area contributed by atoms with Gasteiger partial charge in [0.25, 0.3) is 0 Å². The molecule has 0 amide bonds. The number of ether oxygens (including phenoxy) is 2. The van der Waals surface area contributed by atoms with Crippen LogP contribution in [0.2, 0.25) is 0 Å². The molecule has 0 fully saturated rings. The van der Waals surface area contributed by atoms with Gasteiger partial charge >= 0.3 is 11.9 Å². The Morgan fingerprint density at radius 1 is 1.10 bits per heavy atom. The number of methoxy groups -OCH3 is 1. The minimum atomic E-state index is -0.455. The summed E-state index contributed by atoms with van der Waals surface area (Å²) in [5.41, 5.74) is 1.44. The van der Waals surface area contributed by atoms with Crippen molar-refractivity contribution in [1.29, 1.82) is 0 Å². The summed E-state index contributed by atoms with van der Waals surface area (Å²) in [4.78, 5) is 22.9. The number of carbonyl (C=O) groups is 2. The maximum atomic E-state index is 11.6. The maximum absolute atomic E-state index is 11.6. The van der Waals surface area contributed by atoms with Crippen molar-refractivity contribution in [3.63, 3.8) is 0 Å². The lowest BCUT2D eigenvalue weighted by molar-refractivity contribution is -0.154. The zero-order valence-corrected chi connectivity index (χ0v) is 12.6.